The maximum Gasteiger partial charge on any atom is 0.250 e. The van der Waals surface area contributed by atoms with Crippen LogP contribution in [0.5, 0.6) is 5.75 Å². The number of hydrogen-bond donors (Lipinski definition) is 2. The minimum atomic E-state index is -0.360. The second-order valence-electron chi connectivity index (χ2n) is 9.05. The lowest BCUT2D eigenvalue weighted by Gasteiger charge is -2.27. The van der Waals surface area contributed by atoms with Crippen molar-refractivity contribution in [3.63, 3.8) is 0 Å². The summed E-state index contributed by atoms with van der Waals surface area (Å²) < 4.78 is 17.9. The number of benzene rings is 2. The lowest BCUT2D eigenvalue weighted by atomic mass is 10.0. The molecule has 1 saturated heterocycles. The van der Waals surface area contributed by atoms with Crippen LogP contribution in [0.15, 0.2) is 81.8 Å². The molecule has 2 aromatic heterocycles. The molecular weight excluding hydrogens is 580 g/mol. The van der Waals surface area contributed by atoms with E-state index < -0.39 is 0 Å². The topological polar surface area (TPSA) is 88.9 Å². The summed E-state index contributed by atoms with van der Waals surface area (Å²) in [5.74, 6) is 1.67. The van der Waals surface area contributed by atoms with Crippen LogP contribution in [0.2, 0.25) is 0 Å². The minimum Gasteiger partial charge on any atom is -0.495 e. The Morgan fingerprint density at radius 1 is 1.15 bits per heavy atom. The van der Waals surface area contributed by atoms with E-state index in [1.165, 1.54) is 7.11 Å². The van der Waals surface area contributed by atoms with E-state index in [4.69, 9.17) is 26.1 Å². The second kappa shape index (κ2) is 11.6. The first kappa shape index (κ1) is 26.9. The molecule has 1 fully saturated rings. The van der Waals surface area contributed by atoms with E-state index in [0.717, 1.165) is 32.7 Å². The van der Waals surface area contributed by atoms with Gasteiger partial charge in [0.25, 0.3) is 0 Å². The van der Waals surface area contributed by atoms with E-state index in [0.29, 0.717) is 22.3 Å². The number of thiocarbonyl (C=S) groups is 1. The molecule has 4 aromatic rings. The van der Waals surface area contributed by atoms with E-state index in [-0.39, 0.29) is 24.6 Å². The smallest absolute Gasteiger partial charge is 0.250 e. The minimum absolute atomic E-state index is 0.0782. The number of hydrogen-bond acceptors (Lipinski definition) is 6. The Morgan fingerprint density at radius 3 is 2.72 bits per heavy atom. The number of anilines is 2. The van der Waals surface area contributed by atoms with Gasteiger partial charge in [-0.1, -0.05) is 28.1 Å². The van der Waals surface area contributed by atoms with Gasteiger partial charge in [0.2, 0.25) is 5.91 Å². The Balaban J connectivity index is 1.59. The van der Waals surface area contributed by atoms with Crippen LogP contribution in [0, 0.1) is 6.92 Å². The zero-order chi connectivity index (χ0) is 27.5. The van der Waals surface area contributed by atoms with Crippen LogP contribution in [-0.2, 0) is 9.53 Å². The lowest BCUT2D eigenvalue weighted by Crippen LogP contribution is -2.29. The third kappa shape index (κ3) is 5.54. The lowest BCUT2D eigenvalue weighted by molar-refractivity contribution is -0.119. The number of halogens is 1. The maximum atomic E-state index is 12.3. The summed E-state index contributed by atoms with van der Waals surface area (Å²) in [5, 5.41) is 6.79. The summed E-state index contributed by atoms with van der Waals surface area (Å²) in [6, 6.07) is 20.7. The van der Waals surface area contributed by atoms with Gasteiger partial charge in [-0.25, -0.2) is 0 Å². The van der Waals surface area contributed by atoms with Crippen molar-refractivity contribution in [2.45, 2.75) is 19.0 Å². The fraction of sp³-hybridized carbons (Fsp3) is 0.207. The van der Waals surface area contributed by atoms with Gasteiger partial charge in [0.15, 0.2) is 5.11 Å². The van der Waals surface area contributed by atoms with Crippen LogP contribution in [0.1, 0.15) is 29.1 Å². The molecule has 8 nitrogen and oxygen atoms in total. The van der Waals surface area contributed by atoms with Gasteiger partial charge in [-0.15, -0.1) is 0 Å². The summed E-state index contributed by atoms with van der Waals surface area (Å²) in [7, 11) is 3.02. The molecule has 2 atom stereocenters. The highest BCUT2D eigenvalue weighted by Gasteiger charge is 2.43. The summed E-state index contributed by atoms with van der Waals surface area (Å²) in [6.07, 6.45) is 1.76. The Labute approximate surface area is 240 Å². The Kier molecular flexibility index (Phi) is 7.97. The largest absolute Gasteiger partial charge is 0.495 e. The molecule has 1 aliphatic heterocycles. The zero-order valence-electron chi connectivity index (χ0n) is 21.6. The number of aryl methyl sites for hydroxylation is 1. The summed E-state index contributed by atoms with van der Waals surface area (Å²) in [4.78, 5) is 18.9. The molecule has 2 N–H and O–H groups in total. The molecule has 2 aromatic carbocycles. The number of carbonyl (C=O) groups is 1. The Morgan fingerprint density at radius 2 is 2.00 bits per heavy atom. The Bertz CT molecular complexity index is 1510. The first-order chi connectivity index (χ1) is 18.9. The van der Waals surface area contributed by atoms with Gasteiger partial charge in [-0.3, -0.25) is 9.78 Å². The number of rotatable bonds is 8. The molecule has 200 valence electrons. The van der Waals surface area contributed by atoms with Crippen LogP contribution in [0.3, 0.4) is 0 Å². The maximum absolute atomic E-state index is 12.3. The fourth-order valence-electron chi connectivity index (χ4n) is 4.66. The molecule has 0 unspecified atom stereocenters. The summed E-state index contributed by atoms with van der Waals surface area (Å²) >= 11 is 9.51. The fourth-order valence-corrected chi connectivity index (χ4v) is 5.69. The quantitative estimate of drug-likeness (QED) is 0.230. The third-order valence-electron chi connectivity index (χ3n) is 6.42. The molecule has 39 heavy (non-hydrogen) atoms. The van der Waals surface area contributed by atoms with E-state index in [1.807, 2.05) is 66.4 Å². The van der Waals surface area contributed by atoms with E-state index in [2.05, 4.69) is 37.6 Å². The van der Waals surface area contributed by atoms with Gasteiger partial charge in [0.1, 0.15) is 29.9 Å². The number of pyridine rings is 1. The van der Waals surface area contributed by atoms with E-state index in [1.54, 1.807) is 19.4 Å². The van der Waals surface area contributed by atoms with Crippen molar-refractivity contribution >= 4 is 50.5 Å². The SMILES string of the molecule is COCC(=O)Nc1cc(N2C(=S)N[C@@H](c3ccccn3)[C@H]2c2ccc(-c3ccc(C)cc3Br)o2)ccc1OC. The third-order valence-corrected chi connectivity index (χ3v) is 7.39. The molecule has 0 bridgehead atoms. The van der Waals surface area contributed by atoms with Crippen LogP contribution in [-0.4, -0.2) is 36.8 Å². The molecule has 5 rings (SSSR count). The van der Waals surface area contributed by atoms with E-state index >= 15 is 0 Å². The predicted octanol–water partition coefficient (Wildman–Crippen LogP) is 6.18. The number of aromatic nitrogens is 1. The van der Waals surface area contributed by atoms with Gasteiger partial charge in [0.05, 0.1) is 24.5 Å². The highest BCUT2D eigenvalue weighted by Crippen LogP contribution is 2.44. The van der Waals surface area contributed by atoms with Crippen LogP contribution < -0.4 is 20.3 Å². The van der Waals surface area contributed by atoms with Gasteiger partial charge >= 0.3 is 0 Å². The van der Waals surface area contributed by atoms with Crippen molar-refractivity contribution in [2.24, 2.45) is 0 Å². The summed E-state index contributed by atoms with van der Waals surface area (Å²) in [5.41, 5.74) is 4.18. The average molecular weight is 608 g/mol. The number of amides is 1. The van der Waals surface area contributed by atoms with Gasteiger partial charge in [-0.2, -0.15) is 0 Å². The van der Waals surface area contributed by atoms with Gasteiger partial charge in [-0.05, 0) is 79.3 Å². The molecular formula is C29H27BrN4O4S. The number of ether oxygens (including phenoxy) is 2. The van der Waals surface area contributed by atoms with Crippen molar-refractivity contribution in [3.8, 4) is 17.1 Å². The van der Waals surface area contributed by atoms with E-state index in [9.17, 15) is 4.79 Å². The monoisotopic (exact) mass is 606 g/mol. The molecule has 0 spiro atoms. The van der Waals surface area contributed by atoms with Crippen molar-refractivity contribution < 1.29 is 18.7 Å². The summed E-state index contributed by atoms with van der Waals surface area (Å²) in [6.45, 7) is 1.97. The molecule has 0 saturated carbocycles. The molecule has 1 amide bonds. The van der Waals surface area contributed by atoms with Crippen molar-refractivity contribution in [2.75, 3.05) is 31.0 Å². The number of nitrogens with one attached hydrogen (secondary N) is 2. The van der Waals surface area contributed by atoms with Gasteiger partial charge in [0, 0.05) is 29.0 Å². The van der Waals surface area contributed by atoms with Crippen molar-refractivity contribution in [1.82, 2.24) is 10.3 Å². The zero-order valence-corrected chi connectivity index (χ0v) is 24.0. The number of nitrogens with zero attached hydrogens (tertiary/aromatic N) is 2. The number of furan rings is 1. The first-order valence-corrected chi connectivity index (χ1v) is 13.4. The second-order valence-corrected chi connectivity index (χ2v) is 10.3. The van der Waals surface area contributed by atoms with Gasteiger partial charge < -0.3 is 29.4 Å². The molecule has 1 aliphatic rings. The number of methoxy groups -OCH3 is 2. The average Bonchev–Trinajstić information content (AvgIpc) is 3.54. The van der Waals surface area contributed by atoms with Crippen molar-refractivity contribution in [1.29, 1.82) is 0 Å². The first-order valence-electron chi connectivity index (χ1n) is 12.2. The predicted molar refractivity (Wildman–Crippen MR) is 158 cm³/mol. The van der Waals surface area contributed by atoms with Crippen LogP contribution in [0.4, 0.5) is 11.4 Å². The standard InChI is InChI=1S/C29H27BrN4O4S/c1-17-7-9-19(20(30)14-17)23-11-12-25(38-23)28-27(21-6-4-5-13-31-21)33-29(39)34(28)18-8-10-24(37-3)22(15-18)32-26(35)16-36-2/h4-15,27-28H,16H2,1-3H3,(H,32,35)(H,33,39)/t27-,28+/m0/s1. The normalized spacial score (nSPS) is 16.7. The van der Waals surface area contributed by atoms with Crippen LogP contribution in [0.25, 0.3) is 11.3 Å². The molecule has 10 heteroatoms. The molecule has 3 heterocycles. The highest BCUT2D eigenvalue weighted by atomic mass is 79.9. The van der Waals surface area contributed by atoms with Crippen molar-refractivity contribution in [3.05, 3.63) is 94.4 Å². The van der Waals surface area contributed by atoms with Crippen LogP contribution >= 0.6 is 28.1 Å². The highest BCUT2D eigenvalue weighted by molar-refractivity contribution is 9.10. The number of carbonyl (C=O) groups excluding carboxylic acids is 1. The molecule has 0 aliphatic carbocycles. The Hall–Kier alpha value is -3.73. The molecule has 0 radical (unpaired) electrons.